The highest BCUT2D eigenvalue weighted by Crippen LogP contribution is 2.25. The number of hydrogen-bond donors (Lipinski definition) is 1. The smallest absolute Gasteiger partial charge is 0.274 e. The predicted octanol–water partition coefficient (Wildman–Crippen LogP) is 3.65. The first-order valence-electron chi connectivity index (χ1n) is 5.55. The van der Waals surface area contributed by atoms with Crippen molar-refractivity contribution in [3.8, 4) is 0 Å². The lowest BCUT2D eigenvalue weighted by Crippen LogP contribution is -2.15. The van der Waals surface area contributed by atoms with Crippen LogP contribution in [-0.4, -0.2) is 15.9 Å². The van der Waals surface area contributed by atoms with Crippen molar-refractivity contribution in [3.63, 3.8) is 0 Å². The molecule has 0 saturated heterocycles. The van der Waals surface area contributed by atoms with E-state index in [0.717, 1.165) is 5.56 Å². The van der Waals surface area contributed by atoms with Crippen LogP contribution in [0, 0.1) is 13.8 Å². The molecule has 1 aromatic carbocycles. The number of halogens is 2. The number of aryl methyl sites for hydroxylation is 2. The highest BCUT2D eigenvalue weighted by Gasteiger charge is 2.13. The van der Waals surface area contributed by atoms with Crippen LogP contribution in [0.15, 0.2) is 24.3 Å². The van der Waals surface area contributed by atoms with E-state index in [1.165, 1.54) is 0 Å². The molecule has 0 aliphatic heterocycles. The summed E-state index contributed by atoms with van der Waals surface area (Å²) < 4.78 is 0. The van der Waals surface area contributed by atoms with Gasteiger partial charge in [-0.05, 0) is 43.1 Å². The van der Waals surface area contributed by atoms with Crippen molar-refractivity contribution in [1.29, 1.82) is 0 Å². The van der Waals surface area contributed by atoms with Gasteiger partial charge in [-0.25, -0.2) is 9.97 Å². The van der Waals surface area contributed by atoms with E-state index in [1.54, 1.807) is 19.1 Å². The SMILES string of the molecule is Cc1cc(C(=O)Nc2c(C)cccc2Cl)nc(Cl)n1. The van der Waals surface area contributed by atoms with Crippen LogP contribution in [0.25, 0.3) is 0 Å². The Morgan fingerprint density at radius 3 is 2.58 bits per heavy atom. The Kier molecular flexibility index (Phi) is 4.02. The van der Waals surface area contributed by atoms with Gasteiger partial charge >= 0.3 is 0 Å². The molecule has 0 saturated carbocycles. The zero-order valence-corrected chi connectivity index (χ0v) is 11.9. The zero-order valence-electron chi connectivity index (χ0n) is 10.4. The maximum absolute atomic E-state index is 12.1. The lowest BCUT2D eigenvalue weighted by atomic mass is 10.2. The van der Waals surface area contributed by atoms with E-state index in [4.69, 9.17) is 23.2 Å². The fourth-order valence-corrected chi connectivity index (χ4v) is 2.11. The molecule has 0 aliphatic carbocycles. The number of nitrogens with zero attached hydrogens (tertiary/aromatic N) is 2. The molecule has 0 spiro atoms. The van der Waals surface area contributed by atoms with Crippen molar-refractivity contribution in [3.05, 3.63) is 51.5 Å². The number of hydrogen-bond acceptors (Lipinski definition) is 3. The van der Waals surface area contributed by atoms with Gasteiger partial charge in [-0.1, -0.05) is 23.7 Å². The molecule has 2 rings (SSSR count). The Morgan fingerprint density at radius 2 is 1.95 bits per heavy atom. The number of benzene rings is 1. The normalized spacial score (nSPS) is 10.3. The maximum Gasteiger partial charge on any atom is 0.274 e. The molecule has 0 bridgehead atoms. The minimum absolute atomic E-state index is 0.0426. The number of amides is 1. The highest BCUT2D eigenvalue weighted by atomic mass is 35.5. The van der Waals surface area contributed by atoms with Gasteiger partial charge in [0.2, 0.25) is 5.28 Å². The number of nitrogens with one attached hydrogen (secondary N) is 1. The first-order valence-corrected chi connectivity index (χ1v) is 6.30. The van der Waals surface area contributed by atoms with E-state index in [-0.39, 0.29) is 16.9 Å². The van der Waals surface area contributed by atoms with E-state index in [0.29, 0.717) is 16.4 Å². The standard InChI is InChI=1S/C13H11Cl2N3O/c1-7-4-3-5-9(14)11(7)18-12(19)10-6-8(2)16-13(15)17-10/h3-6H,1-2H3,(H,18,19). The van der Waals surface area contributed by atoms with Crippen molar-refractivity contribution in [2.45, 2.75) is 13.8 Å². The van der Waals surface area contributed by atoms with Gasteiger partial charge in [-0.2, -0.15) is 0 Å². The van der Waals surface area contributed by atoms with Gasteiger partial charge in [0.05, 0.1) is 10.7 Å². The van der Waals surface area contributed by atoms with Crippen LogP contribution in [0.2, 0.25) is 10.3 Å². The molecule has 19 heavy (non-hydrogen) atoms. The largest absolute Gasteiger partial charge is 0.319 e. The lowest BCUT2D eigenvalue weighted by Gasteiger charge is -2.10. The average molecular weight is 296 g/mol. The summed E-state index contributed by atoms with van der Waals surface area (Å²) in [6.45, 7) is 3.60. The molecular weight excluding hydrogens is 285 g/mol. The molecule has 6 heteroatoms. The van der Waals surface area contributed by atoms with Gasteiger partial charge in [-0.15, -0.1) is 0 Å². The first kappa shape index (κ1) is 13.8. The molecular formula is C13H11Cl2N3O. The van der Waals surface area contributed by atoms with Crippen molar-refractivity contribution in [2.24, 2.45) is 0 Å². The van der Waals surface area contributed by atoms with Gasteiger partial charge < -0.3 is 5.32 Å². The Morgan fingerprint density at radius 1 is 1.21 bits per heavy atom. The van der Waals surface area contributed by atoms with Gasteiger partial charge in [0.15, 0.2) is 0 Å². The summed E-state index contributed by atoms with van der Waals surface area (Å²) in [5.74, 6) is -0.372. The quantitative estimate of drug-likeness (QED) is 0.861. The van der Waals surface area contributed by atoms with Crippen LogP contribution in [0.3, 0.4) is 0 Å². The van der Waals surface area contributed by atoms with Crippen LogP contribution in [0.4, 0.5) is 5.69 Å². The number of anilines is 1. The van der Waals surface area contributed by atoms with Gasteiger partial charge in [0.1, 0.15) is 5.69 Å². The molecule has 2 aromatic rings. The Hall–Kier alpha value is -1.65. The van der Waals surface area contributed by atoms with Crippen molar-refractivity contribution < 1.29 is 4.79 Å². The molecule has 1 N–H and O–H groups in total. The summed E-state index contributed by atoms with van der Waals surface area (Å²) in [6.07, 6.45) is 0. The predicted molar refractivity (Wildman–Crippen MR) is 75.9 cm³/mol. The van der Waals surface area contributed by atoms with Crippen molar-refractivity contribution >= 4 is 34.8 Å². The number of aromatic nitrogens is 2. The second-order valence-electron chi connectivity index (χ2n) is 4.05. The van der Waals surface area contributed by atoms with Crippen LogP contribution in [-0.2, 0) is 0 Å². The summed E-state index contributed by atoms with van der Waals surface area (Å²) in [4.78, 5) is 19.9. The minimum Gasteiger partial charge on any atom is -0.319 e. The molecule has 0 atom stereocenters. The molecule has 0 aliphatic rings. The summed E-state index contributed by atoms with van der Waals surface area (Å²) in [5, 5.41) is 3.25. The summed E-state index contributed by atoms with van der Waals surface area (Å²) in [7, 11) is 0. The van der Waals surface area contributed by atoms with E-state index in [9.17, 15) is 4.79 Å². The van der Waals surface area contributed by atoms with Crippen LogP contribution in [0.5, 0.6) is 0 Å². The molecule has 0 radical (unpaired) electrons. The first-order chi connectivity index (χ1) is 8.97. The fourth-order valence-electron chi connectivity index (χ4n) is 1.62. The van der Waals surface area contributed by atoms with Crippen LogP contribution < -0.4 is 5.32 Å². The second-order valence-corrected chi connectivity index (χ2v) is 4.79. The zero-order chi connectivity index (χ0) is 14.0. The summed E-state index contributed by atoms with van der Waals surface area (Å²) in [6, 6.07) is 6.95. The third-order valence-corrected chi connectivity index (χ3v) is 3.00. The second kappa shape index (κ2) is 5.55. The van der Waals surface area contributed by atoms with E-state index >= 15 is 0 Å². The Labute approximate surface area is 120 Å². The van der Waals surface area contributed by atoms with Crippen molar-refractivity contribution in [1.82, 2.24) is 9.97 Å². The monoisotopic (exact) mass is 295 g/mol. The topological polar surface area (TPSA) is 54.9 Å². The lowest BCUT2D eigenvalue weighted by molar-refractivity contribution is 0.102. The number of carbonyl (C=O) groups excluding carboxylic acids is 1. The van der Waals surface area contributed by atoms with Gasteiger partial charge in [-0.3, -0.25) is 4.79 Å². The molecule has 98 valence electrons. The Bertz CT molecular complexity index is 603. The van der Waals surface area contributed by atoms with Crippen LogP contribution in [0.1, 0.15) is 21.7 Å². The molecule has 4 nitrogen and oxygen atoms in total. The van der Waals surface area contributed by atoms with E-state index < -0.39 is 0 Å². The molecule has 0 unspecified atom stereocenters. The van der Waals surface area contributed by atoms with E-state index in [1.807, 2.05) is 19.1 Å². The molecule has 1 aromatic heterocycles. The average Bonchev–Trinajstić information content (AvgIpc) is 2.32. The Balaban J connectivity index is 2.31. The third kappa shape index (κ3) is 3.22. The van der Waals surface area contributed by atoms with Crippen LogP contribution >= 0.6 is 23.2 Å². The highest BCUT2D eigenvalue weighted by molar-refractivity contribution is 6.34. The van der Waals surface area contributed by atoms with Gasteiger partial charge in [0.25, 0.3) is 5.91 Å². The van der Waals surface area contributed by atoms with E-state index in [2.05, 4.69) is 15.3 Å². The number of para-hydroxylation sites is 1. The molecule has 0 fully saturated rings. The fraction of sp³-hybridized carbons (Fsp3) is 0.154. The summed E-state index contributed by atoms with van der Waals surface area (Å²) >= 11 is 11.8. The maximum atomic E-state index is 12.1. The number of carbonyl (C=O) groups is 1. The minimum atomic E-state index is -0.372. The number of rotatable bonds is 2. The molecule has 1 heterocycles. The van der Waals surface area contributed by atoms with Crippen molar-refractivity contribution in [2.75, 3.05) is 5.32 Å². The molecule has 1 amide bonds. The van der Waals surface area contributed by atoms with Gasteiger partial charge in [0, 0.05) is 5.69 Å². The summed E-state index contributed by atoms with van der Waals surface area (Å²) in [5.41, 5.74) is 2.28. The third-order valence-electron chi connectivity index (χ3n) is 2.52.